The predicted octanol–water partition coefficient (Wildman–Crippen LogP) is 2.35. The molecule has 0 atom stereocenters. The zero-order valence-corrected chi connectivity index (χ0v) is 16.0. The number of aromatic nitrogens is 5. The van der Waals surface area contributed by atoms with Crippen molar-refractivity contribution >= 4 is 11.7 Å². The third kappa shape index (κ3) is 3.95. The third-order valence-electron chi connectivity index (χ3n) is 5.01. The molecule has 0 aliphatic carbocycles. The quantitative estimate of drug-likeness (QED) is 0.651. The number of hydrogen-bond acceptors (Lipinski definition) is 6. The van der Waals surface area contributed by atoms with Crippen LogP contribution in [0.2, 0.25) is 0 Å². The van der Waals surface area contributed by atoms with E-state index in [0.29, 0.717) is 37.6 Å². The standard InChI is InChI=1S/C19H18F3N7O/c1-13-10-14(2-4-16(13)29-12-24-25-26-29)18(30)28-8-6-27(7-9-28)17-5-3-15(11-23-17)19(20,21)22/h2-5,10-12H,6-9H2,1H3. The molecule has 0 unspecified atom stereocenters. The number of rotatable bonds is 3. The summed E-state index contributed by atoms with van der Waals surface area (Å²) >= 11 is 0. The first-order chi connectivity index (χ1) is 14.3. The van der Waals surface area contributed by atoms with Crippen LogP contribution in [-0.4, -0.2) is 62.2 Å². The smallest absolute Gasteiger partial charge is 0.353 e. The number of hydrogen-bond donors (Lipinski definition) is 0. The van der Waals surface area contributed by atoms with Gasteiger partial charge in [0.15, 0.2) is 0 Å². The summed E-state index contributed by atoms with van der Waals surface area (Å²) in [7, 11) is 0. The highest BCUT2D eigenvalue weighted by Gasteiger charge is 2.31. The van der Waals surface area contributed by atoms with E-state index in [2.05, 4.69) is 20.5 Å². The van der Waals surface area contributed by atoms with Gasteiger partial charge < -0.3 is 9.80 Å². The molecule has 3 heterocycles. The first-order valence-electron chi connectivity index (χ1n) is 9.24. The number of amides is 1. The SMILES string of the molecule is Cc1cc(C(=O)N2CCN(c3ccc(C(F)(F)F)cn3)CC2)ccc1-n1cnnn1. The highest BCUT2D eigenvalue weighted by atomic mass is 19.4. The lowest BCUT2D eigenvalue weighted by molar-refractivity contribution is -0.137. The molecular weight excluding hydrogens is 399 g/mol. The van der Waals surface area contributed by atoms with Crippen molar-refractivity contribution in [1.29, 1.82) is 0 Å². The molecule has 3 aromatic rings. The van der Waals surface area contributed by atoms with Gasteiger partial charge in [-0.3, -0.25) is 4.79 Å². The lowest BCUT2D eigenvalue weighted by atomic mass is 10.1. The van der Waals surface area contributed by atoms with Crippen LogP contribution in [0.5, 0.6) is 0 Å². The summed E-state index contributed by atoms with van der Waals surface area (Å²) in [5.74, 6) is 0.373. The van der Waals surface area contributed by atoms with Crippen LogP contribution in [0.4, 0.5) is 19.0 Å². The van der Waals surface area contributed by atoms with Crippen LogP contribution in [0.3, 0.4) is 0 Å². The van der Waals surface area contributed by atoms with Gasteiger partial charge in [-0.05, 0) is 53.2 Å². The molecule has 156 valence electrons. The molecule has 0 saturated carbocycles. The molecule has 0 spiro atoms. The third-order valence-corrected chi connectivity index (χ3v) is 5.01. The van der Waals surface area contributed by atoms with Gasteiger partial charge in [-0.25, -0.2) is 9.67 Å². The van der Waals surface area contributed by atoms with Gasteiger partial charge in [0.1, 0.15) is 12.1 Å². The van der Waals surface area contributed by atoms with Crippen LogP contribution in [0.1, 0.15) is 21.5 Å². The van der Waals surface area contributed by atoms with E-state index in [0.717, 1.165) is 23.5 Å². The van der Waals surface area contributed by atoms with Gasteiger partial charge in [0, 0.05) is 37.9 Å². The minimum atomic E-state index is -4.41. The van der Waals surface area contributed by atoms with Crippen molar-refractivity contribution in [3.8, 4) is 5.69 Å². The predicted molar refractivity (Wildman–Crippen MR) is 101 cm³/mol. The van der Waals surface area contributed by atoms with E-state index in [1.807, 2.05) is 11.8 Å². The Bertz CT molecular complexity index is 1030. The van der Waals surface area contributed by atoms with E-state index in [1.165, 1.54) is 17.1 Å². The second kappa shape index (κ2) is 7.73. The molecule has 1 aliphatic heterocycles. The number of halogens is 3. The monoisotopic (exact) mass is 417 g/mol. The van der Waals surface area contributed by atoms with Gasteiger partial charge in [-0.2, -0.15) is 13.2 Å². The van der Waals surface area contributed by atoms with Crippen molar-refractivity contribution in [2.45, 2.75) is 13.1 Å². The number of aryl methyl sites for hydroxylation is 1. The van der Waals surface area contributed by atoms with Crippen LogP contribution in [0.15, 0.2) is 42.9 Å². The molecule has 11 heteroatoms. The van der Waals surface area contributed by atoms with Gasteiger partial charge in [0.2, 0.25) is 0 Å². The van der Waals surface area contributed by atoms with Crippen LogP contribution in [0, 0.1) is 6.92 Å². The molecule has 1 fully saturated rings. The molecule has 0 bridgehead atoms. The van der Waals surface area contributed by atoms with Crippen molar-refractivity contribution in [3.05, 3.63) is 59.5 Å². The topological polar surface area (TPSA) is 80.0 Å². The molecule has 30 heavy (non-hydrogen) atoms. The highest BCUT2D eigenvalue weighted by molar-refractivity contribution is 5.94. The Morgan fingerprint density at radius 2 is 1.83 bits per heavy atom. The minimum Gasteiger partial charge on any atom is -0.353 e. The first-order valence-corrected chi connectivity index (χ1v) is 9.24. The minimum absolute atomic E-state index is 0.0959. The Kier molecular flexibility index (Phi) is 5.10. The number of alkyl halides is 3. The van der Waals surface area contributed by atoms with Crippen LogP contribution < -0.4 is 4.90 Å². The number of carbonyl (C=O) groups excluding carboxylic acids is 1. The Labute approximate surface area is 169 Å². The van der Waals surface area contributed by atoms with Crippen molar-refractivity contribution in [1.82, 2.24) is 30.1 Å². The van der Waals surface area contributed by atoms with Gasteiger partial charge in [0.05, 0.1) is 11.3 Å². The zero-order chi connectivity index (χ0) is 21.3. The maximum atomic E-state index is 12.9. The van der Waals surface area contributed by atoms with E-state index in [-0.39, 0.29) is 5.91 Å². The summed E-state index contributed by atoms with van der Waals surface area (Å²) < 4.78 is 39.6. The van der Waals surface area contributed by atoms with E-state index >= 15 is 0 Å². The Morgan fingerprint density at radius 1 is 1.07 bits per heavy atom. The Balaban J connectivity index is 1.40. The van der Waals surface area contributed by atoms with Crippen LogP contribution in [-0.2, 0) is 6.18 Å². The number of pyridine rings is 1. The number of tetrazole rings is 1. The number of nitrogens with zero attached hydrogens (tertiary/aromatic N) is 7. The van der Waals surface area contributed by atoms with Crippen molar-refractivity contribution in [2.24, 2.45) is 0 Å². The number of benzene rings is 1. The number of piperazine rings is 1. The summed E-state index contributed by atoms with van der Waals surface area (Å²) in [4.78, 5) is 20.4. The second-order valence-corrected chi connectivity index (χ2v) is 6.94. The summed E-state index contributed by atoms with van der Waals surface area (Å²) in [6, 6.07) is 7.71. The summed E-state index contributed by atoms with van der Waals surface area (Å²) in [5.41, 5.74) is 1.43. The van der Waals surface area contributed by atoms with E-state index in [1.54, 1.807) is 23.1 Å². The van der Waals surface area contributed by atoms with Crippen LogP contribution in [0.25, 0.3) is 5.69 Å². The maximum Gasteiger partial charge on any atom is 0.417 e. The maximum absolute atomic E-state index is 12.9. The van der Waals surface area contributed by atoms with E-state index in [4.69, 9.17) is 0 Å². The first kappa shape index (κ1) is 19.8. The largest absolute Gasteiger partial charge is 0.417 e. The number of carbonyl (C=O) groups is 1. The normalized spacial score (nSPS) is 14.8. The summed E-state index contributed by atoms with van der Waals surface area (Å²) in [5, 5.41) is 11.1. The molecular formula is C19H18F3N7O. The fraction of sp³-hybridized carbons (Fsp3) is 0.316. The fourth-order valence-electron chi connectivity index (χ4n) is 3.38. The van der Waals surface area contributed by atoms with E-state index < -0.39 is 11.7 Å². The highest BCUT2D eigenvalue weighted by Crippen LogP contribution is 2.29. The molecule has 1 aliphatic rings. The molecule has 8 nitrogen and oxygen atoms in total. The van der Waals surface area contributed by atoms with Crippen molar-refractivity contribution < 1.29 is 18.0 Å². The van der Waals surface area contributed by atoms with Crippen molar-refractivity contribution in [2.75, 3.05) is 31.1 Å². The van der Waals surface area contributed by atoms with E-state index in [9.17, 15) is 18.0 Å². The molecule has 0 radical (unpaired) electrons. The Hall–Kier alpha value is -3.50. The number of anilines is 1. The Morgan fingerprint density at radius 3 is 2.40 bits per heavy atom. The van der Waals surface area contributed by atoms with Gasteiger partial charge in [-0.15, -0.1) is 5.10 Å². The van der Waals surface area contributed by atoms with Gasteiger partial charge in [-0.1, -0.05) is 0 Å². The molecule has 1 saturated heterocycles. The average Bonchev–Trinajstić information content (AvgIpc) is 3.27. The fourth-order valence-corrected chi connectivity index (χ4v) is 3.38. The van der Waals surface area contributed by atoms with Crippen LogP contribution >= 0.6 is 0 Å². The van der Waals surface area contributed by atoms with Crippen molar-refractivity contribution in [3.63, 3.8) is 0 Å². The lowest BCUT2D eigenvalue weighted by Crippen LogP contribution is -2.49. The molecule has 1 aromatic carbocycles. The molecule has 2 aromatic heterocycles. The molecule has 4 rings (SSSR count). The summed E-state index contributed by atoms with van der Waals surface area (Å²) in [6.07, 6.45) is -2.09. The van der Waals surface area contributed by atoms with Gasteiger partial charge >= 0.3 is 6.18 Å². The summed E-state index contributed by atoms with van der Waals surface area (Å²) in [6.45, 7) is 3.77. The lowest BCUT2D eigenvalue weighted by Gasteiger charge is -2.35. The van der Waals surface area contributed by atoms with Gasteiger partial charge in [0.25, 0.3) is 5.91 Å². The average molecular weight is 417 g/mol. The molecule has 0 N–H and O–H groups in total. The molecule has 1 amide bonds. The second-order valence-electron chi connectivity index (χ2n) is 6.94. The zero-order valence-electron chi connectivity index (χ0n) is 16.0.